The zero-order valence-corrected chi connectivity index (χ0v) is 17.9. The maximum Gasteiger partial charge on any atom is 0.326 e. The first kappa shape index (κ1) is 28.7. The Morgan fingerprint density at radius 2 is 1.44 bits per heavy atom. The van der Waals surface area contributed by atoms with E-state index in [1.165, 1.54) is 0 Å². The van der Waals surface area contributed by atoms with Crippen LogP contribution in [0.5, 0.6) is 0 Å². The number of aliphatic hydroxyl groups is 1. The van der Waals surface area contributed by atoms with Crippen molar-refractivity contribution in [2.24, 2.45) is 17.4 Å². The molecule has 0 aliphatic rings. The highest BCUT2D eigenvalue weighted by Crippen LogP contribution is 2.09. The summed E-state index contributed by atoms with van der Waals surface area (Å²) >= 11 is 0. The van der Waals surface area contributed by atoms with Crippen molar-refractivity contribution in [2.75, 3.05) is 6.61 Å². The van der Waals surface area contributed by atoms with Gasteiger partial charge in [0.2, 0.25) is 23.6 Å². The zero-order chi connectivity index (χ0) is 25.0. The van der Waals surface area contributed by atoms with Crippen LogP contribution in [-0.2, 0) is 28.8 Å². The Morgan fingerprint density at radius 1 is 0.906 bits per heavy atom. The Bertz CT molecular complexity index is 715. The lowest BCUT2D eigenvalue weighted by atomic mass is 9.98. The summed E-state index contributed by atoms with van der Waals surface area (Å²) in [6.45, 7) is 2.36. The van der Waals surface area contributed by atoms with Crippen molar-refractivity contribution in [3.8, 4) is 0 Å². The molecule has 0 spiro atoms. The van der Waals surface area contributed by atoms with Gasteiger partial charge in [-0.3, -0.25) is 24.0 Å². The third-order valence-electron chi connectivity index (χ3n) is 4.64. The third kappa shape index (κ3) is 10.2. The highest BCUT2D eigenvalue weighted by Gasteiger charge is 2.32. The van der Waals surface area contributed by atoms with Crippen LogP contribution in [0.2, 0.25) is 0 Å². The maximum atomic E-state index is 12.5. The number of carbonyl (C=O) groups is 6. The molecule has 0 aromatic rings. The molecule has 0 aliphatic heterocycles. The minimum Gasteiger partial charge on any atom is -0.481 e. The van der Waals surface area contributed by atoms with Gasteiger partial charge in [-0.15, -0.1) is 0 Å². The Kier molecular flexibility index (Phi) is 12.5. The van der Waals surface area contributed by atoms with Gasteiger partial charge < -0.3 is 42.7 Å². The lowest BCUT2D eigenvalue weighted by Gasteiger charge is -2.25. The molecule has 14 nitrogen and oxygen atoms in total. The lowest BCUT2D eigenvalue weighted by molar-refractivity contribution is -0.145. The maximum absolute atomic E-state index is 12.5. The molecule has 0 radical (unpaired) electrons. The van der Waals surface area contributed by atoms with E-state index in [1.807, 2.05) is 0 Å². The van der Waals surface area contributed by atoms with E-state index in [-0.39, 0.29) is 12.8 Å². The van der Waals surface area contributed by atoms with Gasteiger partial charge in [-0.1, -0.05) is 20.3 Å². The first-order valence-electron chi connectivity index (χ1n) is 9.84. The second-order valence-electron chi connectivity index (χ2n) is 7.22. The van der Waals surface area contributed by atoms with E-state index < -0.39 is 78.7 Å². The Morgan fingerprint density at radius 3 is 1.88 bits per heavy atom. The molecule has 0 bridgehead atoms. The fourth-order valence-electron chi connectivity index (χ4n) is 2.49. The standard InChI is InChI=1S/C18H31N5O9/c1-3-8(2)14(18(31)32)23-16(29)10(6-13(26)27)21-17(30)11(7-24)22-15(28)9(19)4-5-12(20)25/h8-11,14,24H,3-7,19H2,1-2H3,(H2,20,25)(H,21,30)(H,22,28)(H,23,29)(H,26,27)(H,31,32). The number of aliphatic hydroxyl groups excluding tert-OH is 1. The number of carboxylic acid groups (broad SMARTS) is 2. The predicted octanol–water partition coefficient (Wildman–Crippen LogP) is -3.37. The van der Waals surface area contributed by atoms with Crippen LogP contribution in [0.4, 0.5) is 0 Å². The Hall–Kier alpha value is -3.26. The monoisotopic (exact) mass is 461 g/mol. The molecule has 0 aromatic heterocycles. The Labute approximate surface area is 184 Å². The summed E-state index contributed by atoms with van der Waals surface area (Å²) in [6, 6.07) is -5.80. The van der Waals surface area contributed by atoms with Gasteiger partial charge in [0.25, 0.3) is 0 Å². The molecule has 4 amide bonds. The number of primary amides is 1. The molecule has 182 valence electrons. The van der Waals surface area contributed by atoms with Gasteiger partial charge in [-0.2, -0.15) is 0 Å². The molecule has 0 saturated carbocycles. The SMILES string of the molecule is CCC(C)C(NC(=O)C(CC(=O)O)NC(=O)C(CO)NC(=O)C(N)CCC(N)=O)C(=O)O. The van der Waals surface area contributed by atoms with Gasteiger partial charge in [-0.05, 0) is 12.3 Å². The van der Waals surface area contributed by atoms with Gasteiger partial charge in [0.1, 0.15) is 18.1 Å². The summed E-state index contributed by atoms with van der Waals surface area (Å²) in [4.78, 5) is 70.2. The van der Waals surface area contributed by atoms with Crippen LogP contribution in [0.1, 0.15) is 39.5 Å². The fourth-order valence-corrected chi connectivity index (χ4v) is 2.49. The second kappa shape index (κ2) is 13.9. The zero-order valence-electron chi connectivity index (χ0n) is 17.9. The van der Waals surface area contributed by atoms with E-state index in [9.17, 15) is 39.0 Å². The molecule has 32 heavy (non-hydrogen) atoms. The van der Waals surface area contributed by atoms with Gasteiger partial charge in [0.05, 0.1) is 19.1 Å². The van der Waals surface area contributed by atoms with Crippen LogP contribution < -0.4 is 27.4 Å². The van der Waals surface area contributed by atoms with Crippen LogP contribution in [0.15, 0.2) is 0 Å². The van der Waals surface area contributed by atoms with E-state index in [1.54, 1.807) is 13.8 Å². The number of carbonyl (C=O) groups excluding carboxylic acids is 4. The smallest absolute Gasteiger partial charge is 0.326 e. The average molecular weight is 461 g/mol. The second-order valence-corrected chi connectivity index (χ2v) is 7.22. The van der Waals surface area contributed by atoms with Gasteiger partial charge in [-0.25, -0.2) is 4.79 Å². The molecule has 0 aromatic carbocycles. The molecule has 0 heterocycles. The van der Waals surface area contributed by atoms with Gasteiger partial charge >= 0.3 is 11.9 Å². The number of nitrogens with two attached hydrogens (primary N) is 2. The van der Waals surface area contributed by atoms with Crippen molar-refractivity contribution in [2.45, 2.75) is 63.7 Å². The predicted molar refractivity (Wildman–Crippen MR) is 109 cm³/mol. The summed E-state index contributed by atoms with van der Waals surface area (Å²) in [5.41, 5.74) is 10.5. The molecule has 5 unspecified atom stereocenters. The molecule has 10 N–H and O–H groups in total. The number of aliphatic carboxylic acids is 2. The number of hydrogen-bond acceptors (Lipinski definition) is 8. The number of nitrogens with one attached hydrogen (secondary N) is 3. The summed E-state index contributed by atoms with van der Waals surface area (Å²) in [6.07, 6.45) is -0.778. The molecular formula is C18H31N5O9. The Balaban J connectivity index is 5.29. The largest absolute Gasteiger partial charge is 0.481 e. The van der Waals surface area contributed by atoms with E-state index in [4.69, 9.17) is 16.6 Å². The van der Waals surface area contributed by atoms with Crippen LogP contribution in [-0.4, -0.2) is 81.7 Å². The molecule has 5 atom stereocenters. The highest BCUT2D eigenvalue weighted by atomic mass is 16.4. The van der Waals surface area contributed by atoms with Crippen molar-refractivity contribution in [1.29, 1.82) is 0 Å². The topological polar surface area (TPSA) is 251 Å². The number of amides is 4. The average Bonchev–Trinajstić information content (AvgIpc) is 2.71. The molecule has 0 rings (SSSR count). The van der Waals surface area contributed by atoms with E-state index >= 15 is 0 Å². The molecule has 0 fully saturated rings. The summed E-state index contributed by atoms with van der Waals surface area (Å²) in [5, 5.41) is 34.1. The fraction of sp³-hybridized carbons (Fsp3) is 0.667. The van der Waals surface area contributed by atoms with Crippen molar-refractivity contribution in [1.82, 2.24) is 16.0 Å². The van der Waals surface area contributed by atoms with Crippen molar-refractivity contribution in [3.05, 3.63) is 0 Å². The quantitative estimate of drug-likeness (QED) is 0.120. The van der Waals surface area contributed by atoms with E-state index in [2.05, 4.69) is 16.0 Å². The van der Waals surface area contributed by atoms with Crippen molar-refractivity contribution >= 4 is 35.6 Å². The minimum atomic E-state index is -1.68. The van der Waals surface area contributed by atoms with Gasteiger partial charge in [0, 0.05) is 6.42 Å². The van der Waals surface area contributed by atoms with Crippen LogP contribution in [0.3, 0.4) is 0 Å². The van der Waals surface area contributed by atoms with Crippen molar-refractivity contribution in [3.63, 3.8) is 0 Å². The molecule has 0 aliphatic carbocycles. The molecular weight excluding hydrogens is 430 g/mol. The summed E-state index contributed by atoms with van der Waals surface area (Å²) in [7, 11) is 0. The van der Waals surface area contributed by atoms with Crippen LogP contribution >= 0.6 is 0 Å². The first-order chi connectivity index (χ1) is 14.8. The van der Waals surface area contributed by atoms with Gasteiger partial charge in [0.15, 0.2) is 0 Å². The van der Waals surface area contributed by atoms with Crippen LogP contribution in [0.25, 0.3) is 0 Å². The van der Waals surface area contributed by atoms with Crippen LogP contribution in [0, 0.1) is 5.92 Å². The third-order valence-corrected chi connectivity index (χ3v) is 4.64. The normalized spacial score (nSPS) is 15.4. The first-order valence-corrected chi connectivity index (χ1v) is 9.84. The highest BCUT2D eigenvalue weighted by molar-refractivity contribution is 5.95. The summed E-state index contributed by atoms with van der Waals surface area (Å²) in [5.74, 6) is -7.01. The molecule has 0 saturated heterocycles. The van der Waals surface area contributed by atoms with Crippen molar-refractivity contribution < 1.29 is 44.1 Å². The van der Waals surface area contributed by atoms with E-state index in [0.29, 0.717) is 6.42 Å². The number of rotatable bonds is 15. The number of carboxylic acids is 2. The lowest BCUT2D eigenvalue weighted by Crippen LogP contribution is -2.59. The summed E-state index contributed by atoms with van der Waals surface area (Å²) < 4.78 is 0. The number of hydrogen-bond donors (Lipinski definition) is 8. The molecule has 14 heteroatoms. The van der Waals surface area contributed by atoms with E-state index in [0.717, 1.165) is 0 Å². The minimum absolute atomic E-state index is 0.114.